The number of unbranched alkanes of at least 4 members (excludes halogenated alkanes) is 1. The number of rotatable bonds is 4. The Hall–Kier alpha value is -1.56. The third-order valence-corrected chi connectivity index (χ3v) is 2.88. The Morgan fingerprint density at radius 1 is 0.750 bits per heavy atom. The second-order valence-electron chi connectivity index (χ2n) is 4.17. The Kier molecular flexibility index (Phi) is 3.76. The Bertz CT molecular complexity index is 412. The predicted octanol–water partition coefficient (Wildman–Crippen LogP) is 4.70. The van der Waals surface area contributed by atoms with Crippen molar-refractivity contribution >= 4 is 0 Å². The third-order valence-electron chi connectivity index (χ3n) is 2.88. The standard InChI is InChI=1S/C16H18/c1-2-3-7-14-10-12-16(13-11-14)15-8-5-4-6-9-15/h4-6,8-13H,2-3,7H2,1H3. The maximum atomic E-state index is 2.25. The molecule has 0 spiro atoms. The van der Waals surface area contributed by atoms with Crippen LogP contribution in [0, 0.1) is 0 Å². The van der Waals surface area contributed by atoms with Gasteiger partial charge in [0.25, 0.3) is 0 Å². The summed E-state index contributed by atoms with van der Waals surface area (Å²) in [5, 5.41) is 0. The van der Waals surface area contributed by atoms with E-state index in [1.54, 1.807) is 0 Å². The molecule has 0 nitrogen and oxygen atoms in total. The largest absolute Gasteiger partial charge is 0.0654 e. The van der Waals surface area contributed by atoms with E-state index in [-0.39, 0.29) is 0 Å². The molecule has 0 aromatic heterocycles. The van der Waals surface area contributed by atoms with Crippen molar-refractivity contribution in [1.29, 1.82) is 0 Å². The summed E-state index contributed by atoms with van der Waals surface area (Å²) >= 11 is 0. The molecule has 0 amide bonds. The van der Waals surface area contributed by atoms with Gasteiger partial charge in [0, 0.05) is 0 Å². The van der Waals surface area contributed by atoms with Crippen LogP contribution in [0.3, 0.4) is 0 Å². The first-order chi connectivity index (χ1) is 7.90. The molecule has 0 aliphatic carbocycles. The van der Waals surface area contributed by atoms with Crippen LogP contribution in [0.15, 0.2) is 54.6 Å². The summed E-state index contributed by atoms with van der Waals surface area (Å²) in [6.45, 7) is 2.23. The molecule has 0 bridgehead atoms. The van der Waals surface area contributed by atoms with Gasteiger partial charge >= 0.3 is 0 Å². The molecule has 0 saturated heterocycles. The van der Waals surface area contributed by atoms with Gasteiger partial charge in [0.1, 0.15) is 0 Å². The molecule has 0 saturated carbocycles. The van der Waals surface area contributed by atoms with Gasteiger partial charge in [-0.05, 0) is 29.5 Å². The summed E-state index contributed by atoms with van der Waals surface area (Å²) in [6, 6.07) is 19.5. The number of benzene rings is 2. The molecule has 0 aliphatic heterocycles. The SMILES string of the molecule is CCCCc1ccc(-c2ccccc2)cc1. The fourth-order valence-electron chi connectivity index (χ4n) is 1.88. The fourth-order valence-corrected chi connectivity index (χ4v) is 1.88. The molecule has 0 heterocycles. The van der Waals surface area contributed by atoms with Crippen molar-refractivity contribution in [1.82, 2.24) is 0 Å². The number of hydrogen-bond acceptors (Lipinski definition) is 0. The van der Waals surface area contributed by atoms with Crippen molar-refractivity contribution in [3.05, 3.63) is 60.2 Å². The molecule has 0 heteroatoms. The van der Waals surface area contributed by atoms with E-state index < -0.39 is 0 Å². The van der Waals surface area contributed by atoms with Crippen LogP contribution in [0.5, 0.6) is 0 Å². The summed E-state index contributed by atoms with van der Waals surface area (Å²) < 4.78 is 0. The minimum Gasteiger partial charge on any atom is -0.0654 e. The van der Waals surface area contributed by atoms with Crippen molar-refractivity contribution in [3.63, 3.8) is 0 Å². The first-order valence-electron chi connectivity index (χ1n) is 6.04. The van der Waals surface area contributed by atoms with Crippen molar-refractivity contribution in [2.24, 2.45) is 0 Å². The van der Waals surface area contributed by atoms with E-state index in [0.717, 1.165) is 0 Å². The van der Waals surface area contributed by atoms with Crippen LogP contribution in [0.2, 0.25) is 0 Å². The van der Waals surface area contributed by atoms with Crippen molar-refractivity contribution < 1.29 is 0 Å². The van der Waals surface area contributed by atoms with Crippen LogP contribution in [0.4, 0.5) is 0 Å². The highest BCUT2D eigenvalue weighted by Crippen LogP contribution is 2.19. The van der Waals surface area contributed by atoms with Gasteiger partial charge in [0.15, 0.2) is 0 Å². The van der Waals surface area contributed by atoms with Crippen LogP contribution in [0.25, 0.3) is 11.1 Å². The average Bonchev–Trinajstić information content (AvgIpc) is 2.38. The van der Waals surface area contributed by atoms with E-state index in [9.17, 15) is 0 Å². The van der Waals surface area contributed by atoms with Crippen LogP contribution >= 0.6 is 0 Å². The second kappa shape index (κ2) is 5.50. The molecule has 0 radical (unpaired) electrons. The summed E-state index contributed by atoms with van der Waals surface area (Å²) in [5.41, 5.74) is 4.05. The molecule has 2 rings (SSSR count). The minimum atomic E-state index is 1.20. The van der Waals surface area contributed by atoms with E-state index in [1.807, 2.05) is 0 Å². The lowest BCUT2D eigenvalue weighted by Crippen LogP contribution is -1.84. The zero-order chi connectivity index (χ0) is 11.2. The molecule has 0 unspecified atom stereocenters. The van der Waals surface area contributed by atoms with E-state index in [2.05, 4.69) is 61.5 Å². The number of aryl methyl sites for hydroxylation is 1. The van der Waals surface area contributed by atoms with Crippen LogP contribution in [-0.2, 0) is 6.42 Å². The quantitative estimate of drug-likeness (QED) is 0.686. The topological polar surface area (TPSA) is 0 Å². The highest BCUT2D eigenvalue weighted by Gasteiger charge is 1.96. The molecule has 82 valence electrons. The van der Waals surface area contributed by atoms with Crippen LogP contribution in [0.1, 0.15) is 25.3 Å². The minimum absolute atomic E-state index is 1.20. The monoisotopic (exact) mass is 210 g/mol. The summed E-state index contributed by atoms with van der Waals surface area (Å²) in [5.74, 6) is 0. The predicted molar refractivity (Wildman–Crippen MR) is 70.5 cm³/mol. The Morgan fingerprint density at radius 3 is 2.00 bits per heavy atom. The molecule has 0 aliphatic rings. The molecule has 2 aromatic rings. The molecule has 2 aromatic carbocycles. The van der Waals surface area contributed by atoms with E-state index in [1.165, 1.54) is 36.0 Å². The average molecular weight is 210 g/mol. The van der Waals surface area contributed by atoms with Gasteiger partial charge in [0.05, 0.1) is 0 Å². The summed E-state index contributed by atoms with van der Waals surface area (Å²) in [6.07, 6.45) is 3.75. The van der Waals surface area contributed by atoms with Crippen molar-refractivity contribution in [2.75, 3.05) is 0 Å². The number of hydrogen-bond donors (Lipinski definition) is 0. The molecule has 0 N–H and O–H groups in total. The fraction of sp³-hybridized carbons (Fsp3) is 0.250. The smallest absolute Gasteiger partial charge is 0.0184 e. The zero-order valence-corrected chi connectivity index (χ0v) is 9.82. The zero-order valence-electron chi connectivity index (χ0n) is 9.82. The highest BCUT2D eigenvalue weighted by atomic mass is 14.0. The normalized spacial score (nSPS) is 10.3. The second-order valence-corrected chi connectivity index (χ2v) is 4.17. The lowest BCUT2D eigenvalue weighted by Gasteiger charge is -2.03. The van der Waals surface area contributed by atoms with Gasteiger partial charge in [-0.1, -0.05) is 67.9 Å². The van der Waals surface area contributed by atoms with Gasteiger partial charge < -0.3 is 0 Å². The molecule has 16 heavy (non-hydrogen) atoms. The molecule has 0 atom stereocenters. The van der Waals surface area contributed by atoms with Gasteiger partial charge in [-0.3, -0.25) is 0 Å². The van der Waals surface area contributed by atoms with E-state index in [4.69, 9.17) is 0 Å². The van der Waals surface area contributed by atoms with Crippen LogP contribution in [-0.4, -0.2) is 0 Å². The Labute approximate surface area is 97.9 Å². The first kappa shape index (κ1) is 10.9. The van der Waals surface area contributed by atoms with E-state index in [0.29, 0.717) is 0 Å². The Balaban J connectivity index is 2.13. The summed E-state index contributed by atoms with van der Waals surface area (Å²) in [4.78, 5) is 0. The summed E-state index contributed by atoms with van der Waals surface area (Å²) in [7, 11) is 0. The maximum Gasteiger partial charge on any atom is -0.0184 e. The van der Waals surface area contributed by atoms with Gasteiger partial charge in [-0.25, -0.2) is 0 Å². The highest BCUT2D eigenvalue weighted by molar-refractivity contribution is 5.63. The Morgan fingerprint density at radius 2 is 1.38 bits per heavy atom. The lowest BCUT2D eigenvalue weighted by atomic mass is 10.0. The molecule has 0 fully saturated rings. The van der Waals surface area contributed by atoms with Gasteiger partial charge in [-0.2, -0.15) is 0 Å². The van der Waals surface area contributed by atoms with Gasteiger partial charge in [0.2, 0.25) is 0 Å². The van der Waals surface area contributed by atoms with Crippen molar-refractivity contribution in [2.45, 2.75) is 26.2 Å². The van der Waals surface area contributed by atoms with Gasteiger partial charge in [-0.15, -0.1) is 0 Å². The molecular weight excluding hydrogens is 192 g/mol. The molecular formula is C16H18. The van der Waals surface area contributed by atoms with Crippen LogP contribution < -0.4 is 0 Å². The van der Waals surface area contributed by atoms with E-state index >= 15 is 0 Å². The lowest BCUT2D eigenvalue weighted by molar-refractivity contribution is 0.795. The maximum absolute atomic E-state index is 2.25. The third kappa shape index (κ3) is 2.73. The van der Waals surface area contributed by atoms with Crippen molar-refractivity contribution in [3.8, 4) is 11.1 Å². The first-order valence-corrected chi connectivity index (χ1v) is 6.04.